The van der Waals surface area contributed by atoms with E-state index < -0.39 is 0 Å². The van der Waals surface area contributed by atoms with Crippen LogP contribution in [-0.4, -0.2) is 26.1 Å². The van der Waals surface area contributed by atoms with Gasteiger partial charge in [0, 0.05) is 35.7 Å². The molecule has 1 aromatic carbocycles. The number of benzene rings is 1. The van der Waals surface area contributed by atoms with Gasteiger partial charge in [-0.05, 0) is 58.7 Å². The first-order chi connectivity index (χ1) is 16.7. The van der Waals surface area contributed by atoms with Gasteiger partial charge in [0.1, 0.15) is 5.82 Å². The minimum atomic E-state index is -0.157. The topological polar surface area (TPSA) is 75.1 Å². The number of hydrogen-bond donors (Lipinski definition) is 2. The molecule has 0 fully saturated rings. The second-order valence-electron chi connectivity index (χ2n) is 8.33. The molecule has 0 aliphatic heterocycles. The van der Waals surface area contributed by atoms with Crippen molar-refractivity contribution < 1.29 is 0 Å². The Morgan fingerprint density at radius 3 is 2.40 bits per heavy atom. The van der Waals surface area contributed by atoms with Crippen LogP contribution in [-0.2, 0) is 6.42 Å². The van der Waals surface area contributed by atoms with Crippen LogP contribution in [0, 0.1) is 6.92 Å². The molecule has 2 N–H and O–H groups in total. The summed E-state index contributed by atoms with van der Waals surface area (Å²) in [6.45, 7) is 19.0. The number of fused-ring (bicyclic) bond motifs is 1. The van der Waals surface area contributed by atoms with E-state index in [1.807, 2.05) is 52.8 Å². The molecular weight excluding hydrogens is 458 g/mol. The Labute approximate surface area is 215 Å². The highest BCUT2D eigenvalue weighted by Crippen LogP contribution is 2.22. The van der Waals surface area contributed by atoms with E-state index in [0.717, 1.165) is 23.5 Å². The largest absolute Gasteiger partial charge is 0.384 e. The van der Waals surface area contributed by atoms with Crippen molar-refractivity contribution in [3.05, 3.63) is 80.0 Å². The minimum Gasteiger partial charge on any atom is -0.384 e. The number of aromatic amines is 1. The average Bonchev–Trinajstić information content (AvgIpc) is 3.26. The number of hydrogen-bond acceptors (Lipinski definition) is 4. The number of aryl methyl sites for hydroxylation is 1. The summed E-state index contributed by atoms with van der Waals surface area (Å²) in [6.07, 6.45) is 5.77. The van der Waals surface area contributed by atoms with Gasteiger partial charge in [-0.15, -0.1) is 0 Å². The molecule has 0 saturated heterocycles. The summed E-state index contributed by atoms with van der Waals surface area (Å²) in [5.41, 5.74) is 5.11. The summed E-state index contributed by atoms with van der Waals surface area (Å²) in [5, 5.41) is 7.20. The van der Waals surface area contributed by atoms with Gasteiger partial charge >= 0.3 is 0 Å². The van der Waals surface area contributed by atoms with Gasteiger partial charge in [0.2, 0.25) is 0 Å². The van der Waals surface area contributed by atoms with Crippen LogP contribution in [0.2, 0.25) is 5.02 Å². The zero-order valence-corrected chi connectivity index (χ0v) is 23.5. The predicted molar refractivity (Wildman–Crippen MR) is 151 cm³/mol. The van der Waals surface area contributed by atoms with Crippen LogP contribution in [0.25, 0.3) is 5.78 Å². The van der Waals surface area contributed by atoms with Gasteiger partial charge in [0.15, 0.2) is 0 Å². The van der Waals surface area contributed by atoms with Crippen molar-refractivity contribution in [3.8, 4) is 0 Å². The molecule has 192 valence electrons. The van der Waals surface area contributed by atoms with Gasteiger partial charge in [0.25, 0.3) is 11.3 Å². The van der Waals surface area contributed by atoms with E-state index in [4.69, 9.17) is 11.6 Å². The molecule has 1 atom stereocenters. The zero-order chi connectivity index (χ0) is 26.5. The zero-order valence-electron chi connectivity index (χ0n) is 22.8. The van der Waals surface area contributed by atoms with Gasteiger partial charge in [-0.1, -0.05) is 68.7 Å². The van der Waals surface area contributed by atoms with Gasteiger partial charge in [-0.25, -0.2) is 4.98 Å². The maximum absolute atomic E-state index is 12.6. The first kappa shape index (κ1) is 30.2. The lowest BCUT2D eigenvalue weighted by Crippen LogP contribution is -2.17. The van der Waals surface area contributed by atoms with Crippen molar-refractivity contribution in [1.82, 2.24) is 19.6 Å². The molecule has 3 rings (SSSR count). The molecule has 0 spiro atoms. The molecule has 3 aromatic rings. The van der Waals surface area contributed by atoms with Crippen LogP contribution in [0.5, 0.6) is 0 Å². The Kier molecular flexibility index (Phi) is 13.1. The van der Waals surface area contributed by atoms with E-state index >= 15 is 0 Å². The molecule has 0 amide bonds. The maximum Gasteiger partial charge on any atom is 0.274 e. The number of aromatic nitrogens is 4. The van der Waals surface area contributed by atoms with Crippen molar-refractivity contribution in [3.63, 3.8) is 0 Å². The van der Waals surface area contributed by atoms with Crippen LogP contribution in [0.4, 0.5) is 5.69 Å². The molecule has 2 aromatic heterocycles. The van der Waals surface area contributed by atoms with Crippen molar-refractivity contribution in [2.75, 3.05) is 11.9 Å². The van der Waals surface area contributed by atoms with Crippen LogP contribution in [0.15, 0.2) is 52.4 Å². The first-order valence-corrected chi connectivity index (χ1v) is 12.9. The molecule has 2 heterocycles. The van der Waals surface area contributed by atoms with Gasteiger partial charge < -0.3 is 5.32 Å². The van der Waals surface area contributed by atoms with Gasteiger partial charge in [0.05, 0.1) is 5.69 Å². The van der Waals surface area contributed by atoms with Crippen molar-refractivity contribution in [2.45, 2.75) is 81.1 Å². The third-order valence-corrected chi connectivity index (χ3v) is 5.20. The summed E-state index contributed by atoms with van der Waals surface area (Å²) >= 11 is 6.08. The highest BCUT2D eigenvalue weighted by atomic mass is 35.5. The Hall–Kier alpha value is -2.86. The predicted octanol–water partition coefficient (Wildman–Crippen LogP) is 7.49. The van der Waals surface area contributed by atoms with Crippen molar-refractivity contribution in [2.24, 2.45) is 0 Å². The molecule has 35 heavy (non-hydrogen) atoms. The highest BCUT2D eigenvalue weighted by Gasteiger charge is 2.15. The normalized spacial score (nSPS) is 10.9. The summed E-state index contributed by atoms with van der Waals surface area (Å²) in [4.78, 5) is 21.9. The molecule has 0 radical (unpaired) electrons. The van der Waals surface area contributed by atoms with Crippen LogP contribution in [0.3, 0.4) is 0 Å². The fraction of sp³-hybridized carbons (Fsp3) is 0.464. The lowest BCUT2D eigenvalue weighted by Gasteiger charge is -2.09. The molecule has 6 nitrogen and oxygen atoms in total. The Balaban J connectivity index is 0.00000145. The number of nitrogens with zero attached hydrogens (tertiary/aromatic N) is 3. The first-order valence-electron chi connectivity index (χ1n) is 12.5. The smallest absolute Gasteiger partial charge is 0.274 e. The van der Waals surface area contributed by atoms with Crippen LogP contribution in [0.1, 0.15) is 84.8 Å². The van der Waals surface area contributed by atoms with E-state index in [9.17, 15) is 4.79 Å². The molecule has 0 bridgehead atoms. The number of nitrogens with one attached hydrogen (secondary N) is 2. The van der Waals surface area contributed by atoms with Crippen LogP contribution < -0.4 is 10.9 Å². The lowest BCUT2D eigenvalue weighted by molar-refractivity contribution is 0.754. The van der Waals surface area contributed by atoms with E-state index in [1.54, 1.807) is 6.07 Å². The molecule has 7 heteroatoms. The molecule has 0 aliphatic carbocycles. The molecule has 0 saturated carbocycles. The highest BCUT2D eigenvalue weighted by molar-refractivity contribution is 6.30. The summed E-state index contributed by atoms with van der Waals surface area (Å²) < 4.78 is 1.42. The number of H-pyrrole nitrogens is 1. The number of rotatable bonds is 8. The average molecular weight is 500 g/mol. The van der Waals surface area contributed by atoms with Crippen LogP contribution >= 0.6 is 11.6 Å². The maximum atomic E-state index is 12.6. The Morgan fingerprint density at radius 2 is 1.77 bits per heavy atom. The third-order valence-electron chi connectivity index (χ3n) is 4.96. The summed E-state index contributed by atoms with van der Waals surface area (Å²) in [5.74, 6) is 1.21. The quantitative estimate of drug-likeness (QED) is 0.315. The molecular formula is C28H42ClN5O. The summed E-state index contributed by atoms with van der Waals surface area (Å²) in [7, 11) is 0. The SMILES string of the molecule is CC.CC.CC(C)=CCC(C=C(C)C)c1nc2nc(CCNc3cc(Cl)ccc3C)cc(=O)n2[nH]1. The third kappa shape index (κ3) is 9.36. The minimum absolute atomic E-state index is 0.0666. The Morgan fingerprint density at radius 1 is 1.09 bits per heavy atom. The van der Waals surface area contributed by atoms with Crippen molar-refractivity contribution >= 4 is 23.1 Å². The number of halogens is 1. The van der Waals surface area contributed by atoms with Gasteiger partial charge in [-0.3, -0.25) is 9.89 Å². The second kappa shape index (κ2) is 15.2. The Bertz CT molecular complexity index is 1180. The fourth-order valence-electron chi connectivity index (χ4n) is 3.37. The van der Waals surface area contributed by atoms with Crippen molar-refractivity contribution in [1.29, 1.82) is 0 Å². The van der Waals surface area contributed by atoms with E-state index in [-0.39, 0.29) is 11.5 Å². The van der Waals surface area contributed by atoms with E-state index in [1.165, 1.54) is 15.7 Å². The standard InChI is InChI=1S/C24H30ClN5O.2C2H6/c1-15(2)6-8-18(12-16(3)4)23-28-24-27-20(14-22(31)30(24)29-23)10-11-26-21-13-19(25)9-7-17(21)5;2*1-2/h6-7,9,12-14,18,26H,8,10-11H2,1-5H3,(H,27,28,29);2*1-2H3. The van der Waals surface area contributed by atoms with E-state index in [2.05, 4.69) is 60.2 Å². The molecule has 0 aliphatic rings. The fourth-order valence-corrected chi connectivity index (χ4v) is 3.54. The number of anilines is 1. The van der Waals surface area contributed by atoms with E-state index in [0.29, 0.717) is 29.5 Å². The monoisotopic (exact) mass is 499 g/mol. The van der Waals surface area contributed by atoms with Gasteiger partial charge in [-0.2, -0.15) is 9.50 Å². The second-order valence-corrected chi connectivity index (χ2v) is 8.77. The lowest BCUT2D eigenvalue weighted by atomic mass is 10.0. The number of allylic oxidation sites excluding steroid dienone is 4. The summed E-state index contributed by atoms with van der Waals surface area (Å²) in [6, 6.07) is 7.31. The molecule has 1 unspecified atom stereocenters.